The van der Waals surface area contributed by atoms with Crippen LogP contribution in [0.5, 0.6) is 0 Å². The van der Waals surface area contributed by atoms with Crippen molar-refractivity contribution in [3.63, 3.8) is 0 Å². The minimum absolute atomic E-state index is 0.0949. The molecule has 2 aliphatic heterocycles. The molecule has 1 saturated heterocycles. The lowest BCUT2D eigenvalue weighted by molar-refractivity contribution is -0.0292. The first-order valence-electron chi connectivity index (χ1n) is 6.75. The van der Waals surface area contributed by atoms with Crippen LogP contribution >= 0.6 is 0 Å². The molecule has 6 heteroatoms. The molecule has 1 unspecified atom stereocenters. The molecule has 0 radical (unpaired) electrons. The molecule has 1 aromatic rings. The lowest BCUT2D eigenvalue weighted by Crippen LogP contribution is -2.16. The minimum Gasteiger partial charge on any atom is -0.454 e. The molecule has 0 spiro atoms. The van der Waals surface area contributed by atoms with E-state index in [0.717, 1.165) is 32.0 Å². The number of hydrogen-bond donors (Lipinski definition) is 2. The van der Waals surface area contributed by atoms with Gasteiger partial charge in [0, 0.05) is 24.6 Å². The highest BCUT2D eigenvalue weighted by Gasteiger charge is 2.22. The molecule has 0 aliphatic carbocycles. The molecule has 0 amide bonds. The van der Waals surface area contributed by atoms with Crippen LogP contribution in [0.15, 0.2) is 24.7 Å². The first-order chi connectivity index (χ1) is 9.86. The summed E-state index contributed by atoms with van der Waals surface area (Å²) in [5.41, 5.74) is 1.30. The maximum Gasteiger partial charge on any atom is 0.283 e. The number of ether oxygens (including phenoxy) is 3. The van der Waals surface area contributed by atoms with Gasteiger partial charge in [-0.25, -0.2) is 4.98 Å². The average molecular weight is 278 g/mol. The van der Waals surface area contributed by atoms with Gasteiger partial charge >= 0.3 is 0 Å². The number of nitrogens with one attached hydrogen (secondary N) is 1. The van der Waals surface area contributed by atoms with Gasteiger partial charge in [-0.15, -0.1) is 0 Å². The quantitative estimate of drug-likeness (QED) is 0.851. The van der Waals surface area contributed by atoms with Crippen LogP contribution in [0.1, 0.15) is 24.0 Å². The Kier molecular flexibility index (Phi) is 4.03. The van der Waals surface area contributed by atoms with E-state index in [1.165, 1.54) is 12.5 Å². The summed E-state index contributed by atoms with van der Waals surface area (Å²) in [6.07, 6.45) is 3.45. The van der Waals surface area contributed by atoms with Crippen LogP contribution in [0.4, 0.5) is 5.82 Å². The van der Waals surface area contributed by atoms with Crippen LogP contribution in [-0.2, 0) is 20.8 Å². The van der Waals surface area contributed by atoms with Crippen molar-refractivity contribution in [1.82, 2.24) is 4.98 Å². The summed E-state index contributed by atoms with van der Waals surface area (Å²) in [6, 6.07) is 3.69. The second-order valence-electron chi connectivity index (χ2n) is 4.89. The molecule has 108 valence electrons. The molecule has 0 bridgehead atoms. The molecule has 3 rings (SSSR count). The molecular formula is C14H18N2O4. The molecule has 0 aromatic carbocycles. The molecule has 2 N–H and O–H groups in total. The molecule has 0 saturated carbocycles. The number of pyridine rings is 1. The van der Waals surface area contributed by atoms with Gasteiger partial charge in [-0.05, 0) is 12.5 Å². The molecule has 2 aliphatic rings. The second-order valence-corrected chi connectivity index (χ2v) is 4.89. The summed E-state index contributed by atoms with van der Waals surface area (Å²) >= 11 is 0. The van der Waals surface area contributed by atoms with Gasteiger partial charge in [-0.1, -0.05) is 6.07 Å². The Balaban J connectivity index is 1.69. The number of nitrogens with zero attached hydrogens (tertiary/aromatic N) is 1. The van der Waals surface area contributed by atoms with E-state index >= 15 is 0 Å². The third kappa shape index (κ3) is 2.86. The van der Waals surface area contributed by atoms with Crippen molar-refractivity contribution in [2.45, 2.75) is 19.3 Å². The highest BCUT2D eigenvalue weighted by molar-refractivity contribution is 5.39. The lowest BCUT2D eigenvalue weighted by atomic mass is 10.1. The molecule has 6 nitrogen and oxygen atoms in total. The Morgan fingerprint density at radius 2 is 2.15 bits per heavy atom. The van der Waals surface area contributed by atoms with Crippen LogP contribution in [0, 0.1) is 5.92 Å². The summed E-state index contributed by atoms with van der Waals surface area (Å²) in [5.74, 6) is 1.28. The second kappa shape index (κ2) is 6.11. The maximum absolute atomic E-state index is 9.36. The Morgan fingerprint density at radius 3 is 2.85 bits per heavy atom. The fraction of sp³-hybridized carbons (Fsp3) is 0.500. The predicted molar refractivity (Wildman–Crippen MR) is 71.6 cm³/mol. The third-order valence-corrected chi connectivity index (χ3v) is 3.46. The Hall–Kier alpha value is -1.79. The fourth-order valence-electron chi connectivity index (χ4n) is 2.30. The van der Waals surface area contributed by atoms with E-state index in [0.29, 0.717) is 17.2 Å². The van der Waals surface area contributed by atoms with Crippen molar-refractivity contribution in [2.75, 3.05) is 25.1 Å². The molecular weight excluding hydrogens is 260 g/mol. The minimum atomic E-state index is -0.575. The zero-order valence-corrected chi connectivity index (χ0v) is 11.1. The number of anilines is 1. The van der Waals surface area contributed by atoms with Crippen molar-refractivity contribution in [3.8, 4) is 0 Å². The lowest BCUT2D eigenvalue weighted by Gasteiger charge is -2.16. The Labute approximate surface area is 117 Å². The van der Waals surface area contributed by atoms with Gasteiger partial charge in [0.15, 0.2) is 0 Å². The van der Waals surface area contributed by atoms with E-state index < -0.39 is 6.29 Å². The van der Waals surface area contributed by atoms with Crippen LogP contribution in [0.3, 0.4) is 0 Å². The van der Waals surface area contributed by atoms with E-state index in [1.807, 2.05) is 12.1 Å². The number of hydrogen-bond acceptors (Lipinski definition) is 6. The van der Waals surface area contributed by atoms with Gasteiger partial charge in [0.1, 0.15) is 24.0 Å². The van der Waals surface area contributed by atoms with E-state index in [4.69, 9.17) is 14.2 Å². The van der Waals surface area contributed by atoms with Gasteiger partial charge in [-0.3, -0.25) is 0 Å². The smallest absolute Gasteiger partial charge is 0.283 e. The van der Waals surface area contributed by atoms with E-state index in [2.05, 4.69) is 10.3 Å². The zero-order valence-electron chi connectivity index (χ0n) is 11.1. The van der Waals surface area contributed by atoms with E-state index in [1.54, 1.807) is 0 Å². The van der Waals surface area contributed by atoms with Crippen LogP contribution < -0.4 is 5.32 Å². The van der Waals surface area contributed by atoms with Crippen molar-refractivity contribution in [1.29, 1.82) is 0 Å². The SMILES string of the molecule is OCc1ccc(NCC2CCOC2)nc1C1OC=CO1. The van der Waals surface area contributed by atoms with Gasteiger partial charge in [0.25, 0.3) is 6.29 Å². The van der Waals surface area contributed by atoms with Crippen LogP contribution in [0.25, 0.3) is 0 Å². The maximum atomic E-state index is 9.36. The third-order valence-electron chi connectivity index (χ3n) is 3.46. The van der Waals surface area contributed by atoms with Gasteiger partial charge in [0.2, 0.25) is 0 Å². The standard InChI is InChI=1S/C14H18N2O4/c17-8-11-1-2-12(15-7-10-3-4-18-9-10)16-13(11)14-19-5-6-20-14/h1-2,5-6,10,14,17H,3-4,7-9H2,(H,15,16). The first kappa shape index (κ1) is 13.2. The Morgan fingerprint density at radius 1 is 1.30 bits per heavy atom. The highest BCUT2D eigenvalue weighted by Crippen LogP contribution is 2.27. The predicted octanol–water partition coefficient (Wildman–Crippen LogP) is 1.54. The summed E-state index contributed by atoms with van der Waals surface area (Å²) in [7, 11) is 0. The number of rotatable bonds is 5. The molecule has 20 heavy (non-hydrogen) atoms. The van der Waals surface area contributed by atoms with Crippen molar-refractivity contribution in [2.24, 2.45) is 5.92 Å². The average Bonchev–Trinajstić information content (AvgIpc) is 3.18. The number of aliphatic hydroxyl groups excluding tert-OH is 1. The van der Waals surface area contributed by atoms with E-state index in [9.17, 15) is 5.11 Å². The van der Waals surface area contributed by atoms with E-state index in [-0.39, 0.29) is 6.61 Å². The zero-order chi connectivity index (χ0) is 13.8. The normalized spacial score (nSPS) is 21.8. The summed E-state index contributed by atoms with van der Waals surface area (Å²) in [4.78, 5) is 4.48. The van der Waals surface area contributed by atoms with Crippen molar-refractivity contribution in [3.05, 3.63) is 35.9 Å². The molecule has 1 aromatic heterocycles. The van der Waals surface area contributed by atoms with Gasteiger partial charge in [-0.2, -0.15) is 0 Å². The molecule has 1 fully saturated rings. The summed E-state index contributed by atoms with van der Waals surface area (Å²) in [6.45, 7) is 2.37. The largest absolute Gasteiger partial charge is 0.454 e. The summed E-state index contributed by atoms with van der Waals surface area (Å²) in [5, 5.41) is 12.7. The monoisotopic (exact) mass is 278 g/mol. The number of aromatic nitrogens is 1. The van der Waals surface area contributed by atoms with Gasteiger partial charge in [0.05, 0.1) is 13.2 Å². The van der Waals surface area contributed by atoms with Crippen molar-refractivity contribution < 1.29 is 19.3 Å². The number of aliphatic hydroxyl groups is 1. The Bertz CT molecular complexity index is 478. The molecule has 3 heterocycles. The first-order valence-corrected chi connectivity index (χ1v) is 6.75. The topological polar surface area (TPSA) is 72.8 Å². The highest BCUT2D eigenvalue weighted by atomic mass is 16.7. The van der Waals surface area contributed by atoms with Crippen LogP contribution in [-0.4, -0.2) is 29.8 Å². The van der Waals surface area contributed by atoms with Crippen LogP contribution in [0.2, 0.25) is 0 Å². The summed E-state index contributed by atoms with van der Waals surface area (Å²) < 4.78 is 15.9. The van der Waals surface area contributed by atoms with Gasteiger partial charge < -0.3 is 24.6 Å². The molecule has 1 atom stereocenters. The van der Waals surface area contributed by atoms with Crippen molar-refractivity contribution >= 4 is 5.82 Å². The fourth-order valence-corrected chi connectivity index (χ4v) is 2.30.